The van der Waals surface area contributed by atoms with Crippen LogP contribution in [-0.4, -0.2) is 17.4 Å². The van der Waals surface area contributed by atoms with Crippen molar-refractivity contribution in [2.75, 3.05) is 11.4 Å². The second kappa shape index (κ2) is 6.33. The number of para-hydroxylation sites is 1. The summed E-state index contributed by atoms with van der Waals surface area (Å²) in [6, 6.07) is 13.8. The molecular weight excluding hydrogens is 304 g/mol. The lowest BCUT2D eigenvalue weighted by Crippen LogP contribution is -2.24. The van der Waals surface area contributed by atoms with Crippen LogP contribution >= 0.6 is 15.9 Å². The number of nitrogens with one attached hydrogen (secondary N) is 1. The molecule has 1 heterocycles. The van der Waals surface area contributed by atoms with Crippen LogP contribution in [0, 0.1) is 5.41 Å². The molecule has 2 rings (SSSR count). The molecule has 0 unspecified atom stereocenters. The quantitative estimate of drug-likeness (QED) is 0.656. The van der Waals surface area contributed by atoms with Crippen LogP contribution in [0.15, 0.2) is 53.1 Å². The Morgan fingerprint density at radius 1 is 1.21 bits per heavy atom. The second-order valence-electron chi connectivity index (χ2n) is 4.07. The summed E-state index contributed by atoms with van der Waals surface area (Å²) in [4.78, 5) is 6.45. The molecule has 3 N–H and O–H groups in total. The second-order valence-corrected chi connectivity index (χ2v) is 4.93. The first kappa shape index (κ1) is 13.5. The highest BCUT2D eigenvalue weighted by atomic mass is 79.9. The fourth-order valence-corrected chi connectivity index (χ4v) is 2.24. The number of rotatable bonds is 5. The first-order valence-electron chi connectivity index (χ1n) is 5.94. The lowest BCUT2D eigenvalue weighted by atomic mass is 10.2. The first-order chi connectivity index (χ1) is 9.18. The Kier molecular flexibility index (Phi) is 4.52. The van der Waals surface area contributed by atoms with E-state index < -0.39 is 0 Å². The standard InChI is InChI=1S/C14H15BrN4/c15-12-7-4-9-18-14(12)19(10-8-13(16)17)11-5-2-1-3-6-11/h1-7,9H,8,10H2,(H3,16,17). The van der Waals surface area contributed by atoms with Crippen LogP contribution in [0.2, 0.25) is 0 Å². The van der Waals surface area contributed by atoms with Gasteiger partial charge in [0.1, 0.15) is 5.82 Å². The Bertz CT molecular complexity index is 556. The van der Waals surface area contributed by atoms with E-state index in [2.05, 4.69) is 20.9 Å². The van der Waals surface area contributed by atoms with Gasteiger partial charge in [-0.05, 0) is 40.2 Å². The number of pyridine rings is 1. The molecule has 0 saturated carbocycles. The summed E-state index contributed by atoms with van der Waals surface area (Å²) in [5.74, 6) is 1.00. The van der Waals surface area contributed by atoms with Gasteiger partial charge in [0, 0.05) is 24.8 Å². The van der Waals surface area contributed by atoms with E-state index in [1.807, 2.05) is 47.4 Å². The Morgan fingerprint density at radius 3 is 2.58 bits per heavy atom. The van der Waals surface area contributed by atoms with Crippen molar-refractivity contribution in [2.45, 2.75) is 6.42 Å². The molecule has 0 saturated heterocycles. The first-order valence-corrected chi connectivity index (χ1v) is 6.74. The number of nitrogens with zero attached hydrogens (tertiary/aromatic N) is 2. The average Bonchev–Trinajstić information content (AvgIpc) is 2.42. The normalized spacial score (nSPS) is 10.2. The van der Waals surface area contributed by atoms with Gasteiger partial charge >= 0.3 is 0 Å². The minimum absolute atomic E-state index is 0.174. The minimum atomic E-state index is 0.174. The molecule has 0 radical (unpaired) electrons. The topological polar surface area (TPSA) is 66.0 Å². The average molecular weight is 319 g/mol. The summed E-state index contributed by atoms with van der Waals surface area (Å²) in [6.07, 6.45) is 2.25. The van der Waals surface area contributed by atoms with Crippen LogP contribution < -0.4 is 10.6 Å². The molecule has 0 aliphatic heterocycles. The summed E-state index contributed by atoms with van der Waals surface area (Å²) in [5, 5.41) is 7.39. The van der Waals surface area contributed by atoms with Gasteiger partial charge in [0.05, 0.1) is 10.3 Å². The van der Waals surface area contributed by atoms with E-state index in [0.29, 0.717) is 13.0 Å². The molecule has 0 atom stereocenters. The molecule has 0 spiro atoms. The minimum Gasteiger partial charge on any atom is -0.388 e. The largest absolute Gasteiger partial charge is 0.388 e. The van der Waals surface area contributed by atoms with E-state index in [9.17, 15) is 0 Å². The van der Waals surface area contributed by atoms with Crippen molar-refractivity contribution in [3.05, 3.63) is 53.1 Å². The van der Waals surface area contributed by atoms with Crippen molar-refractivity contribution in [1.82, 2.24) is 4.98 Å². The number of benzene rings is 1. The Labute approximate surface area is 120 Å². The molecule has 1 aromatic carbocycles. The van der Waals surface area contributed by atoms with Crippen LogP contribution in [0.25, 0.3) is 0 Å². The van der Waals surface area contributed by atoms with E-state index in [4.69, 9.17) is 11.1 Å². The van der Waals surface area contributed by atoms with Gasteiger partial charge < -0.3 is 10.6 Å². The number of halogens is 1. The summed E-state index contributed by atoms with van der Waals surface area (Å²) < 4.78 is 0.919. The molecule has 2 aromatic rings. The third-order valence-corrected chi connectivity index (χ3v) is 3.29. The summed E-state index contributed by atoms with van der Waals surface area (Å²) in [6.45, 7) is 0.620. The third kappa shape index (κ3) is 3.54. The molecule has 4 nitrogen and oxygen atoms in total. The fourth-order valence-electron chi connectivity index (χ4n) is 1.77. The van der Waals surface area contributed by atoms with E-state index in [1.165, 1.54) is 0 Å². The zero-order valence-electron chi connectivity index (χ0n) is 10.4. The lowest BCUT2D eigenvalue weighted by molar-refractivity contribution is 0.929. The molecule has 0 fully saturated rings. The maximum absolute atomic E-state index is 7.39. The smallest absolute Gasteiger partial charge is 0.147 e. The number of amidine groups is 1. The van der Waals surface area contributed by atoms with Crippen LogP contribution in [-0.2, 0) is 0 Å². The maximum Gasteiger partial charge on any atom is 0.147 e. The zero-order chi connectivity index (χ0) is 13.7. The van der Waals surface area contributed by atoms with Gasteiger partial charge in [-0.1, -0.05) is 18.2 Å². The fraction of sp³-hybridized carbons (Fsp3) is 0.143. The van der Waals surface area contributed by atoms with Crippen molar-refractivity contribution in [2.24, 2.45) is 5.73 Å². The van der Waals surface area contributed by atoms with Gasteiger partial charge in [-0.15, -0.1) is 0 Å². The number of nitrogens with two attached hydrogens (primary N) is 1. The van der Waals surface area contributed by atoms with Gasteiger partial charge in [0.25, 0.3) is 0 Å². The highest BCUT2D eigenvalue weighted by Gasteiger charge is 2.13. The molecule has 1 aromatic heterocycles. The molecule has 5 heteroatoms. The maximum atomic E-state index is 7.39. The van der Waals surface area contributed by atoms with Crippen LogP contribution in [0.4, 0.5) is 11.5 Å². The third-order valence-electron chi connectivity index (χ3n) is 2.67. The van der Waals surface area contributed by atoms with Crippen molar-refractivity contribution in [3.8, 4) is 0 Å². The molecule has 0 aliphatic rings. The van der Waals surface area contributed by atoms with Crippen molar-refractivity contribution in [1.29, 1.82) is 5.41 Å². The van der Waals surface area contributed by atoms with E-state index in [1.54, 1.807) is 6.20 Å². The van der Waals surface area contributed by atoms with Crippen LogP contribution in [0.1, 0.15) is 6.42 Å². The zero-order valence-corrected chi connectivity index (χ0v) is 12.0. The Balaban J connectivity index is 2.35. The van der Waals surface area contributed by atoms with Crippen LogP contribution in [0.3, 0.4) is 0 Å². The number of hydrogen-bond donors (Lipinski definition) is 2. The number of hydrogen-bond acceptors (Lipinski definition) is 3. The SMILES string of the molecule is N=C(N)CCN(c1ccccc1)c1ncccc1Br. The Hall–Kier alpha value is -1.88. The van der Waals surface area contributed by atoms with Gasteiger partial charge in [-0.25, -0.2) is 4.98 Å². The molecular formula is C14H15BrN4. The van der Waals surface area contributed by atoms with E-state index >= 15 is 0 Å². The summed E-state index contributed by atoms with van der Waals surface area (Å²) >= 11 is 3.51. The predicted octanol–water partition coefficient (Wildman–Crippen LogP) is 3.31. The Morgan fingerprint density at radius 2 is 1.95 bits per heavy atom. The van der Waals surface area contributed by atoms with E-state index in [-0.39, 0.29) is 5.84 Å². The number of anilines is 2. The lowest BCUT2D eigenvalue weighted by Gasteiger charge is -2.24. The molecule has 0 amide bonds. The molecule has 0 aliphatic carbocycles. The molecule has 19 heavy (non-hydrogen) atoms. The summed E-state index contributed by atoms with van der Waals surface area (Å²) in [7, 11) is 0. The van der Waals surface area contributed by atoms with Gasteiger partial charge in [-0.3, -0.25) is 5.41 Å². The predicted molar refractivity (Wildman–Crippen MR) is 81.9 cm³/mol. The van der Waals surface area contributed by atoms with Gasteiger partial charge in [0.2, 0.25) is 0 Å². The van der Waals surface area contributed by atoms with Crippen molar-refractivity contribution >= 4 is 33.3 Å². The molecule has 0 bridgehead atoms. The van der Waals surface area contributed by atoms with E-state index in [0.717, 1.165) is 16.0 Å². The van der Waals surface area contributed by atoms with Gasteiger partial charge in [0.15, 0.2) is 0 Å². The van der Waals surface area contributed by atoms with Crippen molar-refractivity contribution in [3.63, 3.8) is 0 Å². The summed E-state index contributed by atoms with van der Waals surface area (Å²) in [5.41, 5.74) is 6.49. The monoisotopic (exact) mass is 318 g/mol. The number of aromatic nitrogens is 1. The van der Waals surface area contributed by atoms with Crippen molar-refractivity contribution < 1.29 is 0 Å². The van der Waals surface area contributed by atoms with Gasteiger partial charge in [-0.2, -0.15) is 0 Å². The molecule has 98 valence electrons. The highest BCUT2D eigenvalue weighted by Crippen LogP contribution is 2.29. The van der Waals surface area contributed by atoms with Crippen LogP contribution in [0.5, 0.6) is 0 Å². The highest BCUT2D eigenvalue weighted by molar-refractivity contribution is 9.10.